The normalized spacial score (nSPS) is 11.1. The van der Waals surface area contributed by atoms with Gasteiger partial charge in [-0.25, -0.2) is 9.78 Å². The summed E-state index contributed by atoms with van der Waals surface area (Å²) < 4.78 is 3.15. The highest BCUT2D eigenvalue weighted by Gasteiger charge is 2.15. The number of imidazole rings is 1. The highest BCUT2D eigenvalue weighted by molar-refractivity contribution is 9.10. The van der Waals surface area contributed by atoms with Gasteiger partial charge < -0.3 is 4.98 Å². The third-order valence-electron chi connectivity index (χ3n) is 3.56. The molecule has 0 aliphatic carbocycles. The Balaban J connectivity index is 1.88. The van der Waals surface area contributed by atoms with Gasteiger partial charge in [0.15, 0.2) is 22.1 Å². The second-order valence-electron chi connectivity index (χ2n) is 5.17. The summed E-state index contributed by atoms with van der Waals surface area (Å²) >= 11 is 4.52. The van der Waals surface area contributed by atoms with Gasteiger partial charge in [-0.15, -0.1) is 0 Å². The van der Waals surface area contributed by atoms with E-state index in [1.807, 2.05) is 6.07 Å². The zero-order valence-electron chi connectivity index (χ0n) is 12.9. The Morgan fingerprint density at radius 1 is 1.29 bits per heavy atom. The monoisotopic (exact) mass is 408 g/mol. The number of halogens is 1. The number of benzene rings is 1. The molecule has 2 aromatic heterocycles. The van der Waals surface area contributed by atoms with Gasteiger partial charge >= 0.3 is 5.69 Å². The summed E-state index contributed by atoms with van der Waals surface area (Å²) in [6.07, 6.45) is 0. The Bertz CT molecular complexity index is 1070. The van der Waals surface area contributed by atoms with Crippen LogP contribution in [0.4, 0.5) is 0 Å². The van der Waals surface area contributed by atoms with Crippen LogP contribution < -0.4 is 11.2 Å². The summed E-state index contributed by atoms with van der Waals surface area (Å²) in [5.41, 5.74) is 0.236. The predicted molar refractivity (Wildman–Crippen MR) is 95.8 cm³/mol. The van der Waals surface area contributed by atoms with Crippen LogP contribution in [0.5, 0.6) is 0 Å². The summed E-state index contributed by atoms with van der Waals surface area (Å²) in [6.45, 7) is 0. The van der Waals surface area contributed by atoms with Gasteiger partial charge in [0.2, 0.25) is 0 Å². The number of nitrogens with zero attached hydrogens (tertiary/aromatic N) is 3. The number of carbonyl (C=O) groups excluding carboxylic acids is 1. The van der Waals surface area contributed by atoms with E-state index in [-0.39, 0.29) is 22.7 Å². The largest absolute Gasteiger partial charge is 0.332 e. The summed E-state index contributed by atoms with van der Waals surface area (Å²) in [5, 5.41) is 0.423. The first-order valence-electron chi connectivity index (χ1n) is 6.96. The Labute approximate surface area is 148 Å². The zero-order valence-corrected chi connectivity index (χ0v) is 15.3. The van der Waals surface area contributed by atoms with Gasteiger partial charge in [0.05, 0.1) is 5.75 Å². The molecule has 0 amide bonds. The predicted octanol–water partition coefficient (Wildman–Crippen LogP) is 1.70. The molecule has 2 heterocycles. The van der Waals surface area contributed by atoms with Crippen LogP contribution in [0.1, 0.15) is 10.4 Å². The molecule has 7 nitrogen and oxygen atoms in total. The summed E-state index contributed by atoms with van der Waals surface area (Å²) in [4.78, 5) is 43.4. The van der Waals surface area contributed by atoms with Crippen molar-refractivity contribution in [3.63, 3.8) is 0 Å². The van der Waals surface area contributed by atoms with Gasteiger partial charge in [-0.2, -0.15) is 0 Å². The molecule has 0 unspecified atom stereocenters. The number of aryl methyl sites for hydroxylation is 1. The second-order valence-corrected chi connectivity index (χ2v) is 7.05. The van der Waals surface area contributed by atoms with Crippen molar-refractivity contribution < 1.29 is 4.79 Å². The smallest absolute Gasteiger partial charge is 0.327 e. The van der Waals surface area contributed by atoms with E-state index in [1.165, 1.54) is 23.4 Å². The van der Waals surface area contributed by atoms with E-state index in [1.54, 1.807) is 25.2 Å². The first-order valence-corrected chi connectivity index (χ1v) is 8.73. The molecule has 1 N–H and O–H groups in total. The molecule has 0 saturated heterocycles. The molecule has 9 heteroatoms. The number of rotatable bonds is 4. The van der Waals surface area contributed by atoms with E-state index in [4.69, 9.17) is 0 Å². The lowest BCUT2D eigenvalue weighted by Gasteiger charge is -2.00. The number of hydrogen-bond acceptors (Lipinski definition) is 5. The van der Waals surface area contributed by atoms with Crippen LogP contribution >= 0.6 is 27.7 Å². The Morgan fingerprint density at radius 2 is 2.04 bits per heavy atom. The Hall–Kier alpha value is -2.13. The zero-order chi connectivity index (χ0) is 17.4. The third-order valence-corrected chi connectivity index (χ3v) is 4.93. The van der Waals surface area contributed by atoms with Crippen LogP contribution in [-0.2, 0) is 14.1 Å². The minimum Gasteiger partial charge on any atom is -0.327 e. The molecule has 3 aromatic rings. The van der Waals surface area contributed by atoms with Crippen molar-refractivity contribution in [2.24, 2.45) is 14.1 Å². The quantitative estimate of drug-likeness (QED) is 0.524. The average Bonchev–Trinajstić information content (AvgIpc) is 3.00. The molecule has 0 aliphatic heterocycles. The molecule has 24 heavy (non-hydrogen) atoms. The van der Waals surface area contributed by atoms with Crippen LogP contribution in [0, 0.1) is 0 Å². The van der Waals surface area contributed by atoms with E-state index in [9.17, 15) is 14.4 Å². The lowest BCUT2D eigenvalue weighted by molar-refractivity contribution is 0.102. The van der Waals surface area contributed by atoms with Crippen molar-refractivity contribution in [2.75, 3.05) is 5.75 Å². The van der Waals surface area contributed by atoms with E-state index in [2.05, 4.69) is 25.9 Å². The second kappa shape index (κ2) is 6.40. The molecular formula is C15H13BrN4O3S. The van der Waals surface area contributed by atoms with Crippen LogP contribution in [0.25, 0.3) is 11.2 Å². The van der Waals surface area contributed by atoms with Crippen LogP contribution in [0.3, 0.4) is 0 Å². The molecule has 1 aromatic carbocycles. The summed E-state index contributed by atoms with van der Waals surface area (Å²) in [6, 6.07) is 7.13. The molecule has 3 rings (SSSR count). The highest BCUT2D eigenvalue weighted by atomic mass is 79.9. The first kappa shape index (κ1) is 16.7. The molecule has 0 aliphatic rings. The van der Waals surface area contributed by atoms with Crippen molar-refractivity contribution in [3.05, 3.63) is 55.1 Å². The number of Topliss-reactive ketones (excluding diaryl/α,β-unsaturated/α-hetero) is 1. The fourth-order valence-corrected chi connectivity index (χ4v) is 3.41. The van der Waals surface area contributed by atoms with Gasteiger partial charge in [0, 0.05) is 24.1 Å². The summed E-state index contributed by atoms with van der Waals surface area (Å²) in [7, 11) is 2.96. The number of aromatic amines is 1. The minimum absolute atomic E-state index is 0.0523. The fraction of sp³-hybridized carbons (Fsp3) is 0.200. The van der Waals surface area contributed by atoms with Gasteiger partial charge in [-0.1, -0.05) is 39.8 Å². The van der Waals surface area contributed by atoms with Crippen molar-refractivity contribution in [1.29, 1.82) is 0 Å². The topological polar surface area (TPSA) is 89.8 Å². The number of carbonyl (C=O) groups is 1. The number of H-pyrrole nitrogens is 1. The molecule has 0 spiro atoms. The molecule has 0 atom stereocenters. The van der Waals surface area contributed by atoms with Gasteiger partial charge in [0.25, 0.3) is 5.56 Å². The van der Waals surface area contributed by atoms with Gasteiger partial charge in [0.1, 0.15) is 0 Å². The minimum atomic E-state index is -0.444. The summed E-state index contributed by atoms with van der Waals surface area (Å²) in [5.74, 6) is 0.119. The molecule has 0 saturated carbocycles. The van der Waals surface area contributed by atoms with Crippen LogP contribution in [-0.4, -0.2) is 30.6 Å². The lowest BCUT2D eigenvalue weighted by atomic mass is 10.2. The Kier molecular flexibility index (Phi) is 4.46. The number of thioether (sulfide) groups is 1. The van der Waals surface area contributed by atoms with Gasteiger partial charge in [-0.05, 0) is 12.1 Å². The maximum absolute atomic E-state index is 12.2. The average molecular weight is 409 g/mol. The molecular weight excluding hydrogens is 396 g/mol. The van der Waals surface area contributed by atoms with Crippen molar-refractivity contribution in [1.82, 2.24) is 19.1 Å². The van der Waals surface area contributed by atoms with Crippen LogP contribution in [0.2, 0.25) is 0 Å². The van der Waals surface area contributed by atoms with Crippen molar-refractivity contribution in [2.45, 2.75) is 5.16 Å². The van der Waals surface area contributed by atoms with Crippen molar-refractivity contribution in [3.8, 4) is 0 Å². The van der Waals surface area contributed by atoms with E-state index in [0.717, 1.165) is 9.04 Å². The number of aromatic nitrogens is 4. The van der Waals surface area contributed by atoms with E-state index < -0.39 is 11.2 Å². The molecule has 124 valence electrons. The fourth-order valence-electron chi connectivity index (χ4n) is 2.25. The number of fused-ring (bicyclic) bond motifs is 1. The van der Waals surface area contributed by atoms with Gasteiger partial charge in [-0.3, -0.25) is 18.7 Å². The maximum atomic E-state index is 12.2. The van der Waals surface area contributed by atoms with Crippen LogP contribution in [0.15, 0.2) is 43.5 Å². The van der Waals surface area contributed by atoms with E-state index in [0.29, 0.717) is 10.7 Å². The maximum Gasteiger partial charge on any atom is 0.332 e. The highest BCUT2D eigenvalue weighted by Crippen LogP contribution is 2.19. The number of ketones is 1. The van der Waals surface area contributed by atoms with Crippen molar-refractivity contribution >= 4 is 44.6 Å². The molecule has 0 fully saturated rings. The molecule has 0 bridgehead atoms. The lowest BCUT2D eigenvalue weighted by Crippen LogP contribution is -2.36. The SMILES string of the molecule is Cn1c(=O)c2[nH]c(SCC(=O)c3cccc(Br)c3)nc2n(C)c1=O. The number of nitrogens with one attached hydrogen (secondary N) is 1. The Morgan fingerprint density at radius 3 is 2.75 bits per heavy atom. The molecule has 0 radical (unpaired) electrons. The number of hydrogen-bond donors (Lipinski definition) is 1. The third kappa shape index (κ3) is 2.96. The first-order chi connectivity index (χ1) is 11.4. The standard InChI is InChI=1S/C15H13BrN4O3S/c1-19-12-11(13(22)20(2)15(19)23)17-14(18-12)24-7-10(21)8-4-3-5-9(16)6-8/h3-6H,7H2,1-2H3,(H,17,18). The van der Waals surface area contributed by atoms with E-state index >= 15 is 0 Å².